The number of H-pyrrole nitrogens is 1. The summed E-state index contributed by atoms with van der Waals surface area (Å²) in [5, 5.41) is 5.81. The number of rotatable bonds is 7. The van der Waals surface area contributed by atoms with E-state index in [9.17, 15) is 9.59 Å². The average molecular weight is 407 g/mol. The van der Waals surface area contributed by atoms with Gasteiger partial charge in [0.05, 0.1) is 17.7 Å². The molecule has 0 fully saturated rings. The van der Waals surface area contributed by atoms with Crippen LogP contribution in [0.1, 0.15) is 21.0 Å². The van der Waals surface area contributed by atoms with Crippen molar-refractivity contribution in [2.24, 2.45) is 0 Å². The van der Waals surface area contributed by atoms with Gasteiger partial charge in [0, 0.05) is 30.6 Å². The molecular formula is C22H21N3O3S. The minimum absolute atomic E-state index is 0.170. The third-order valence-corrected chi connectivity index (χ3v) is 5.67. The fourth-order valence-electron chi connectivity index (χ4n) is 3.34. The summed E-state index contributed by atoms with van der Waals surface area (Å²) in [4.78, 5) is 31.2. The molecule has 0 aliphatic carbocycles. The Hall–Kier alpha value is -3.32. The van der Waals surface area contributed by atoms with Crippen LogP contribution < -0.4 is 5.32 Å². The number of hydrogen-bond donors (Lipinski definition) is 2. The number of para-hydroxylation sites is 1. The quantitative estimate of drug-likeness (QED) is 0.489. The summed E-state index contributed by atoms with van der Waals surface area (Å²) in [6, 6.07) is 14.4. The van der Waals surface area contributed by atoms with Crippen LogP contribution in [0.3, 0.4) is 0 Å². The van der Waals surface area contributed by atoms with Gasteiger partial charge in [0.15, 0.2) is 0 Å². The van der Waals surface area contributed by atoms with E-state index in [1.807, 2.05) is 48.0 Å². The predicted octanol–water partition coefficient (Wildman–Crippen LogP) is 3.82. The van der Waals surface area contributed by atoms with Crippen molar-refractivity contribution in [2.45, 2.75) is 19.0 Å². The van der Waals surface area contributed by atoms with Gasteiger partial charge in [-0.1, -0.05) is 24.3 Å². The van der Waals surface area contributed by atoms with Gasteiger partial charge in [-0.2, -0.15) is 0 Å². The molecule has 7 heteroatoms. The summed E-state index contributed by atoms with van der Waals surface area (Å²) in [5.74, 6) is 0.275. The molecule has 0 bridgehead atoms. The summed E-state index contributed by atoms with van der Waals surface area (Å²) < 4.78 is 5.35. The summed E-state index contributed by atoms with van der Waals surface area (Å²) in [6.45, 7) is 0.338. The van der Waals surface area contributed by atoms with Crippen LogP contribution in [-0.4, -0.2) is 34.8 Å². The fourth-order valence-corrected chi connectivity index (χ4v) is 3.96. The molecule has 4 aromatic rings. The number of aromatic nitrogens is 1. The zero-order valence-electron chi connectivity index (χ0n) is 15.9. The molecule has 2 amide bonds. The summed E-state index contributed by atoms with van der Waals surface area (Å²) in [6.07, 6.45) is 3.87. The highest BCUT2D eigenvalue weighted by Crippen LogP contribution is 2.20. The summed E-state index contributed by atoms with van der Waals surface area (Å²) >= 11 is 1.35. The molecule has 0 unspecified atom stereocenters. The number of amides is 2. The first-order chi connectivity index (χ1) is 14.1. The number of benzene rings is 1. The number of carbonyl (C=O) groups is 2. The molecule has 1 atom stereocenters. The van der Waals surface area contributed by atoms with Gasteiger partial charge < -0.3 is 19.6 Å². The molecule has 0 radical (unpaired) electrons. The monoisotopic (exact) mass is 407 g/mol. The number of nitrogens with one attached hydrogen (secondary N) is 2. The molecule has 0 aliphatic heterocycles. The van der Waals surface area contributed by atoms with Crippen molar-refractivity contribution in [2.75, 3.05) is 7.05 Å². The summed E-state index contributed by atoms with van der Waals surface area (Å²) in [5.41, 5.74) is 1.99. The Morgan fingerprint density at radius 3 is 2.79 bits per heavy atom. The molecule has 0 saturated heterocycles. The van der Waals surface area contributed by atoms with E-state index in [2.05, 4.69) is 10.3 Å². The molecule has 3 heterocycles. The Labute approximate surface area is 172 Å². The average Bonchev–Trinajstić information content (AvgIpc) is 3.49. The van der Waals surface area contributed by atoms with Crippen LogP contribution in [-0.2, 0) is 17.8 Å². The number of furan rings is 1. The smallest absolute Gasteiger partial charge is 0.262 e. The minimum Gasteiger partial charge on any atom is -0.467 e. The van der Waals surface area contributed by atoms with Gasteiger partial charge >= 0.3 is 0 Å². The lowest BCUT2D eigenvalue weighted by atomic mass is 10.0. The highest BCUT2D eigenvalue weighted by molar-refractivity contribution is 7.12. The van der Waals surface area contributed by atoms with Gasteiger partial charge in [0.1, 0.15) is 11.8 Å². The zero-order valence-corrected chi connectivity index (χ0v) is 16.7. The maximum Gasteiger partial charge on any atom is 0.262 e. The minimum atomic E-state index is -0.691. The lowest BCUT2D eigenvalue weighted by Crippen LogP contribution is -2.48. The molecule has 0 saturated carbocycles. The normalized spacial score (nSPS) is 12.0. The molecule has 148 valence electrons. The Morgan fingerprint density at radius 1 is 1.17 bits per heavy atom. The van der Waals surface area contributed by atoms with E-state index in [0.29, 0.717) is 23.6 Å². The first-order valence-electron chi connectivity index (χ1n) is 9.28. The third-order valence-electron chi connectivity index (χ3n) is 4.80. The van der Waals surface area contributed by atoms with Crippen LogP contribution in [0.5, 0.6) is 0 Å². The van der Waals surface area contributed by atoms with Crippen molar-refractivity contribution < 1.29 is 14.0 Å². The molecule has 1 aromatic carbocycles. The lowest BCUT2D eigenvalue weighted by molar-refractivity contribution is -0.132. The van der Waals surface area contributed by atoms with Crippen molar-refractivity contribution in [3.63, 3.8) is 0 Å². The summed E-state index contributed by atoms with van der Waals surface area (Å²) in [7, 11) is 1.71. The highest BCUT2D eigenvalue weighted by Gasteiger charge is 2.26. The van der Waals surface area contributed by atoms with Gasteiger partial charge in [-0.3, -0.25) is 9.59 Å². The van der Waals surface area contributed by atoms with Gasteiger partial charge in [0.2, 0.25) is 5.91 Å². The van der Waals surface area contributed by atoms with Crippen LogP contribution in [0.4, 0.5) is 0 Å². The van der Waals surface area contributed by atoms with E-state index in [1.165, 1.54) is 11.3 Å². The van der Waals surface area contributed by atoms with Crippen LogP contribution >= 0.6 is 11.3 Å². The van der Waals surface area contributed by atoms with E-state index in [1.54, 1.807) is 30.3 Å². The lowest BCUT2D eigenvalue weighted by Gasteiger charge is -2.24. The molecule has 29 heavy (non-hydrogen) atoms. The van der Waals surface area contributed by atoms with E-state index in [0.717, 1.165) is 16.5 Å². The number of aromatic amines is 1. The molecule has 0 aliphatic rings. The first kappa shape index (κ1) is 19.0. The Kier molecular flexibility index (Phi) is 5.48. The van der Waals surface area contributed by atoms with Crippen LogP contribution in [0.25, 0.3) is 10.9 Å². The van der Waals surface area contributed by atoms with Gasteiger partial charge in [-0.05, 0) is 35.2 Å². The van der Waals surface area contributed by atoms with Crippen molar-refractivity contribution in [1.82, 2.24) is 15.2 Å². The predicted molar refractivity (Wildman–Crippen MR) is 113 cm³/mol. The zero-order chi connectivity index (χ0) is 20.2. The van der Waals surface area contributed by atoms with Crippen molar-refractivity contribution in [3.8, 4) is 0 Å². The number of likely N-dealkylation sites (N-methyl/N-ethyl adjacent to an activating group) is 1. The van der Waals surface area contributed by atoms with E-state index in [-0.39, 0.29) is 11.8 Å². The number of carbonyl (C=O) groups excluding carboxylic acids is 2. The molecule has 6 nitrogen and oxygen atoms in total. The van der Waals surface area contributed by atoms with Gasteiger partial charge in [-0.15, -0.1) is 11.3 Å². The topological polar surface area (TPSA) is 78.3 Å². The van der Waals surface area contributed by atoms with E-state index in [4.69, 9.17) is 4.42 Å². The third kappa shape index (κ3) is 4.25. The molecule has 0 spiro atoms. The number of thiophene rings is 1. The van der Waals surface area contributed by atoms with Crippen LogP contribution in [0.2, 0.25) is 0 Å². The number of fused-ring (bicyclic) bond motifs is 1. The molecular weight excluding hydrogens is 386 g/mol. The Morgan fingerprint density at radius 2 is 2.03 bits per heavy atom. The molecule has 2 N–H and O–H groups in total. The second-order valence-corrected chi connectivity index (χ2v) is 7.79. The number of hydrogen-bond acceptors (Lipinski definition) is 4. The fraction of sp³-hybridized carbons (Fsp3) is 0.182. The SMILES string of the molecule is CN(Cc1ccco1)C(=O)[C@@H](Cc1c[nH]c2ccccc12)NC(=O)c1cccs1. The maximum atomic E-state index is 13.2. The molecule has 4 rings (SSSR count). The van der Waals surface area contributed by atoms with Crippen LogP contribution in [0, 0.1) is 0 Å². The standard InChI is InChI=1S/C22H21N3O3S/c1-25(14-16-6-4-10-28-16)22(27)19(24-21(26)20-9-5-11-29-20)12-15-13-23-18-8-3-2-7-17(15)18/h2-11,13,19,23H,12,14H2,1H3,(H,24,26)/t19-/m1/s1. The van der Waals surface area contributed by atoms with Crippen molar-refractivity contribution >= 4 is 34.1 Å². The van der Waals surface area contributed by atoms with E-state index < -0.39 is 6.04 Å². The molecule has 3 aromatic heterocycles. The Balaban J connectivity index is 1.57. The van der Waals surface area contributed by atoms with Crippen molar-refractivity contribution in [3.05, 3.63) is 82.6 Å². The second-order valence-electron chi connectivity index (χ2n) is 6.84. The second kappa shape index (κ2) is 8.36. The van der Waals surface area contributed by atoms with E-state index >= 15 is 0 Å². The van der Waals surface area contributed by atoms with Gasteiger partial charge in [0.25, 0.3) is 5.91 Å². The first-order valence-corrected chi connectivity index (χ1v) is 10.2. The largest absolute Gasteiger partial charge is 0.467 e. The van der Waals surface area contributed by atoms with Gasteiger partial charge in [-0.25, -0.2) is 0 Å². The van der Waals surface area contributed by atoms with Crippen LogP contribution in [0.15, 0.2) is 70.8 Å². The maximum absolute atomic E-state index is 13.2. The Bertz CT molecular complexity index is 1100. The van der Waals surface area contributed by atoms with Crippen molar-refractivity contribution in [1.29, 1.82) is 0 Å². The highest BCUT2D eigenvalue weighted by atomic mass is 32.1. The number of nitrogens with zero attached hydrogens (tertiary/aromatic N) is 1.